The Hall–Kier alpha value is -3.37. The lowest BCUT2D eigenvalue weighted by molar-refractivity contribution is 0.417. The smallest absolute Gasteiger partial charge is 0.262 e. The first kappa shape index (κ1) is 22.8. The van der Waals surface area contributed by atoms with Gasteiger partial charge in [-0.15, -0.1) is 0 Å². The van der Waals surface area contributed by atoms with Gasteiger partial charge in [-0.3, -0.25) is 9.44 Å². The number of anilines is 2. The van der Waals surface area contributed by atoms with Crippen molar-refractivity contribution in [1.82, 2.24) is 0 Å². The largest absolute Gasteiger partial charge is 0.495 e. The van der Waals surface area contributed by atoms with E-state index < -0.39 is 25.9 Å². The van der Waals surface area contributed by atoms with Gasteiger partial charge in [0.2, 0.25) is 0 Å². The molecule has 0 aliphatic heterocycles. The number of halogens is 1. The minimum Gasteiger partial charge on any atom is -0.495 e. The number of aryl methyl sites for hydroxylation is 1. The maximum absolute atomic E-state index is 13.2. The van der Waals surface area contributed by atoms with Gasteiger partial charge in [-0.05, 0) is 72.5 Å². The Morgan fingerprint density at radius 2 is 1.58 bits per heavy atom. The van der Waals surface area contributed by atoms with Gasteiger partial charge < -0.3 is 4.74 Å². The SMILES string of the molecule is COc1ccc(NS(=O)(=O)C2=Cc3ccccc3CC2)cc1NS(=O)(=O)c1ccc(F)cc1. The summed E-state index contributed by atoms with van der Waals surface area (Å²) < 4.78 is 74.6. The van der Waals surface area contributed by atoms with Crippen LogP contribution in [-0.2, 0) is 26.5 Å². The third-order valence-electron chi connectivity index (χ3n) is 5.18. The van der Waals surface area contributed by atoms with E-state index in [2.05, 4.69) is 9.44 Å². The molecule has 0 heterocycles. The van der Waals surface area contributed by atoms with Crippen LogP contribution in [0, 0.1) is 5.82 Å². The maximum Gasteiger partial charge on any atom is 0.262 e. The van der Waals surface area contributed by atoms with Gasteiger partial charge in [0.1, 0.15) is 11.6 Å². The van der Waals surface area contributed by atoms with Crippen LogP contribution in [0.4, 0.5) is 15.8 Å². The zero-order valence-corrected chi connectivity index (χ0v) is 19.2. The average Bonchev–Trinajstić information content (AvgIpc) is 2.79. The molecule has 0 amide bonds. The lowest BCUT2D eigenvalue weighted by Gasteiger charge is -2.18. The minimum absolute atomic E-state index is 0.0324. The van der Waals surface area contributed by atoms with Crippen molar-refractivity contribution in [2.45, 2.75) is 17.7 Å². The number of fused-ring (bicyclic) bond motifs is 1. The quantitative estimate of drug-likeness (QED) is 0.515. The first-order valence-corrected chi connectivity index (χ1v) is 12.9. The van der Waals surface area contributed by atoms with E-state index in [4.69, 9.17) is 4.74 Å². The summed E-state index contributed by atoms with van der Waals surface area (Å²) in [6.07, 6.45) is 2.60. The van der Waals surface area contributed by atoms with Crippen molar-refractivity contribution in [2.24, 2.45) is 0 Å². The zero-order chi connectivity index (χ0) is 23.6. The molecule has 0 unspecified atom stereocenters. The third-order valence-corrected chi connectivity index (χ3v) is 8.08. The fourth-order valence-electron chi connectivity index (χ4n) is 3.51. The molecule has 172 valence electrons. The molecule has 4 rings (SSSR count). The second kappa shape index (κ2) is 8.87. The van der Waals surface area contributed by atoms with E-state index in [9.17, 15) is 21.2 Å². The van der Waals surface area contributed by atoms with E-state index in [0.29, 0.717) is 12.8 Å². The first-order chi connectivity index (χ1) is 15.7. The van der Waals surface area contributed by atoms with Crippen LogP contribution in [0.5, 0.6) is 5.75 Å². The summed E-state index contributed by atoms with van der Waals surface area (Å²) >= 11 is 0. The highest BCUT2D eigenvalue weighted by molar-refractivity contribution is 7.96. The Labute approximate surface area is 192 Å². The number of ether oxygens (including phenoxy) is 1. The molecular weight excluding hydrogens is 467 g/mol. The molecule has 0 aromatic heterocycles. The second-order valence-corrected chi connectivity index (χ2v) is 10.8. The highest BCUT2D eigenvalue weighted by Gasteiger charge is 2.23. The molecule has 3 aromatic rings. The fraction of sp³-hybridized carbons (Fsp3) is 0.130. The summed E-state index contributed by atoms with van der Waals surface area (Å²) in [4.78, 5) is 0.0911. The lowest BCUT2D eigenvalue weighted by atomic mass is 9.98. The maximum atomic E-state index is 13.2. The second-order valence-electron chi connectivity index (χ2n) is 7.39. The van der Waals surface area contributed by atoms with Crippen molar-refractivity contribution in [2.75, 3.05) is 16.6 Å². The Bertz CT molecular complexity index is 1430. The molecule has 0 spiro atoms. The van der Waals surface area contributed by atoms with Crippen LogP contribution in [0.1, 0.15) is 17.5 Å². The molecule has 7 nitrogen and oxygen atoms in total. The normalized spacial score (nSPS) is 13.6. The average molecular weight is 489 g/mol. The van der Waals surface area contributed by atoms with Crippen LogP contribution < -0.4 is 14.2 Å². The van der Waals surface area contributed by atoms with Crippen LogP contribution >= 0.6 is 0 Å². The molecule has 33 heavy (non-hydrogen) atoms. The van der Waals surface area contributed by atoms with Gasteiger partial charge in [-0.2, -0.15) is 0 Å². The molecule has 10 heteroatoms. The molecule has 1 aliphatic carbocycles. The van der Waals surface area contributed by atoms with Crippen molar-refractivity contribution in [1.29, 1.82) is 0 Å². The number of benzene rings is 3. The molecule has 0 radical (unpaired) electrons. The zero-order valence-electron chi connectivity index (χ0n) is 17.6. The van der Waals surface area contributed by atoms with E-state index in [1.165, 1.54) is 25.3 Å². The lowest BCUT2D eigenvalue weighted by Crippen LogP contribution is -2.18. The number of hydrogen-bond acceptors (Lipinski definition) is 5. The summed E-state index contributed by atoms with van der Waals surface area (Å²) in [6.45, 7) is 0. The predicted octanol–water partition coefficient (Wildman–Crippen LogP) is 4.36. The number of allylic oxidation sites excluding steroid dienone is 1. The molecule has 0 bridgehead atoms. The summed E-state index contributed by atoms with van der Waals surface area (Å²) in [5, 5.41) is 0. The van der Waals surface area contributed by atoms with Crippen LogP contribution in [-0.4, -0.2) is 23.9 Å². The Morgan fingerprint density at radius 3 is 2.30 bits per heavy atom. The van der Waals surface area contributed by atoms with Crippen LogP contribution in [0.15, 0.2) is 76.5 Å². The van der Waals surface area contributed by atoms with Crippen molar-refractivity contribution < 1.29 is 26.0 Å². The number of methoxy groups -OCH3 is 1. The Balaban J connectivity index is 1.62. The monoisotopic (exact) mass is 488 g/mol. The molecule has 0 fully saturated rings. The molecule has 2 N–H and O–H groups in total. The fourth-order valence-corrected chi connectivity index (χ4v) is 5.79. The number of hydrogen-bond donors (Lipinski definition) is 2. The molecule has 1 aliphatic rings. The first-order valence-electron chi connectivity index (χ1n) is 9.96. The summed E-state index contributed by atoms with van der Waals surface area (Å²) in [7, 11) is -6.57. The van der Waals surface area contributed by atoms with Crippen molar-refractivity contribution in [3.05, 3.63) is 88.6 Å². The van der Waals surface area contributed by atoms with Crippen molar-refractivity contribution in [3.8, 4) is 5.75 Å². The Morgan fingerprint density at radius 1 is 0.848 bits per heavy atom. The third kappa shape index (κ3) is 5.01. The van der Waals surface area contributed by atoms with Crippen LogP contribution in [0.3, 0.4) is 0 Å². The molecule has 0 saturated heterocycles. The summed E-state index contributed by atoms with van der Waals surface area (Å²) in [5.41, 5.74) is 2.13. The summed E-state index contributed by atoms with van der Waals surface area (Å²) in [6, 6.07) is 16.2. The minimum atomic E-state index is -4.06. The predicted molar refractivity (Wildman–Crippen MR) is 125 cm³/mol. The van der Waals surface area contributed by atoms with Crippen LogP contribution in [0.25, 0.3) is 6.08 Å². The van der Waals surface area contributed by atoms with Crippen molar-refractivity contribution in [3.63, 3.8) is 0 Å². The van der Waals surface area contributed by atoms with Gasteiger partial charge in [0.25, 0.3) is 20.0 Å². The van der Waals surface area contributed by atoms with E-state index in [-0.39, 0.29) is 26.9 Å². The van der Waals surface area contributed by atoms with Gasteiger partial charge >= 0.3 is 0 Å². The molecular formula is C23H21FN2O5S2. The highest BCUT2D eigenvalue weighted by Crippen LogP contribution is 2.32. The van der Waals surface area contributed by atoms with Gasteiger partial charge in [-0.1, -0.05) is 24.3 Å². The van der Waals surface area contributed by atoms with Crippen molar-refractivity contribution >= 4 is 37.5 Å². The van der Waals surface area contributed by atoms with E-state index in [0.717, 1.165) is 35.4 Å². The van der Waals surface area contributed by atoms with Gasteiger partial charge in [0.15, 0.2) is 0 Å². The Kier molecular flexibility index (Phi) is 6.13. The molecule has 3 aromatic carbocycles. The van der Waals surface area contributed by atoms with Gasteiger partial charge in [-0.25, -0.2) is 21.2 Å². The highest BCUT2D eigenvalue weighted by atomic mass is 32.2. The van der Waals surface area contributed by atoms with Gasteiger partial charge in [0.05, 0.1) is 28.3 Å². The molecule has 0 saturated carbocycles. The topological polar surface area (TPSA) is 102 Å². The number of rotatable bonds is 7. The van der Waals surface area contributed by atoms with E-state index >= 15 is 0 Å². The van der Waals surface area contributed by atoms with Crippen LogP contribution in [0.2, 0.25) is 0 Å². The van der Waals surface area contributed by atoms with Gasteiger partial charge in [0, 0.05) is 0 Å². The number of nitrogens with one attached hydrogen (secondary N) is 2. The van der Waals surface area contributed by atoms with E-state index in [1.807, 2.05) is 24.3 Å². The van der Waals surface area contributed by atoms with E-state index in [1.54, 1.807) is 6.08 Å². The number of sulfonamides is 2. The molecule has 0 atom stereocenters. The summed E-state index contributed by atoms with van der Waals surface area (Å²) in [5.74, 6) is -0.378. The standard InChI is InChI=1S/C23H21FN2O5S2/c1-31-23-13-9-19(15-22(23)26-32(27,28)20-11-7-18(24)8-12-20)25-33(29,30)21-10-6-16-4-2-3-5-17(16)14-21/h2-5,7-9,11-15,25-26H,6,10H2,1H3.